The molecule has 1 aromatic heterocycles. The monoisotopic (exact) mass is 365 g/mol. The number of amides is 2. The third-order valence-corrected chi connectivity index (χ3v) is 4.30. The highest BCUT2D eigenvalue weighted by Gasteiger charge is 2.12. The van der Waals surface area contributed by atoms with E-state index in [4.69, 9.17) is 10.1 Å². The molecule has 2 rings (SSSR count). The fourth-order valence-corrected chi connectivity index (χ4v) is 2.74. The van der Waals surface area contributed by atoms with Gasteiger partial charge >= 0.3 is 6.03 Å². The van der Waals surface area contributed by atoms with Gasteiger partial charge in [-0.15, -0.1) is 0 Å². The molecular formula is C16H23N5O3S. The van der Waals surface area contributed by atoms with Gasteiger partial charge in [0.2, 0.25) is 0 Å². The topological polar surface area (TPSA) is 103 Å². The second-order valence-electron chi connectivity index (χ2n) is 5.32. The minimum absolute atomic E-state index is 0.144. The van der Waals surface area contributed by atoms with E-state index in [2.05, 4.69) is 44.1 Å². The maximum absolute atomic E-state index is 10.6. The van der Waals surface area contributed by atoms with Crippen LogP contribution in [-0.2, 0) is 15.8 Å². The Morgan fingerprint density at radius 2 is 2.12 bits per heavy atom. The van der Waals surface area contributed by atoms with Crippen LogP contribution in [0.2, 0.25) is 0 Å². The van der Waals surface area contributed by atoms with Crippen LogP contribution in [0.5, 0.6) is 0 Å². The second kappa shape index (κ2) is 10.0. The van der Waals surface area contributed by atoms with Crippen molar-refractivity contribution in [2.75, 3.05) is 20.2 Å². The second-order valence-corrected chi connectivity index (χ2v) is 6.10. The summed E-state index contributed by atoms with van der Waals surface area (Å²) in [4.78, 5) is 20.4. The summed E-state index contributed by atoms with van der Waals surface area (Å²) >= 11 is 1.17. The van der Waals surface area contributed by atoms with Crippen LogP contribution in [0.3, 0.4) is 0 Å². The van der Waals surface area contributed by atoms with E-state index < -0.39 is 6.03 Å². The van der Waals surface area contributed by atoms with E-state index in [1.54, 1.807) is 0 Å². The molecule has 2 aromatic rings. The number of nitrogens with two attached hydrogens (primary N) is 1. The third-order valence-electron chi connectivity index (χ3n) is 3.63. The molecule has 9 heteroatoms. The molecular weight excluding hydrogens is 342 g/mol. The first-order chi connectivity index (χ1) is 12.1. The van der Waals surface area contributed by atoms with Crippen LogP contribution in [0.4, 0.5) is 4.79 Å². The normalized spacial score (nSPS) is 12.1. The predicted molar refractivity (Wildman–Crippen MR) is 95.7 cm³/mol. The van der Waals surface area contributed by atoms with E-state index in [0.717, 1.165) is 16.2 Å². The van der Waals surface area contributed by atoms with Gasteiger partial charge in [0, 0.05) is 30.7 Å². The molecule has 0 fully saturated rings. The minimum atomic E-state index is -0.516. The van der Waals surface area contributed by atoms with Crippen molar-refractivity contribution in [2.24, 2.45) is 5.73 Å². The van der Waals surface area contributed by atoms with Crippen LogP contribution in [0.15, 0.2) is 41.7 Å². The zero-order valence-electron chi connectivity index (χ0n) is 14.3. The van der Waals surface area contributed by atoms with E-state index in [-0.39, 0.29) is 6.04 Å². The van der Waals surface area contributed by atoms with Crippen molar-refractivity contribution in [3.05, 3.63) is 48.0 Å². The maximum atomic E-state index is 10.6. The molecule has 0 bridgehead atoms. The Hall–Kier alpha value is -2.07. The summed E-state index contributed by atoms with van der Waals surface area (Å²) in [7, 11) is 1.47. The number of hydrogen-bond acceptors (Lipinski definition) is 6. The van der Waals surface area contributed by atoms with Crippen LogP contribution in [-0.4, -0.2) is 35.8 Å². The van der Waals surface area contributed by atoms with Crippen LogP contribution in [0.1, 0.15) is 24.2 Å². The van der Waals surface area contributed by atoms with Gasteiger partial charge in [-0.3, -0.25) is 0 Å². The molecule has 0 aliphatic heterocycles. The van der Waals surface area contributed by atoms with Gasteiger partial charge in [0.05, 0.1) is 37.2 Å². The predicted octanol–water partition coefficient (Wildman–Crippen LogP) is 1.84. The lowest BCUT2D eigenvalue weighted by molar-refractivity contribution is -0.160. The van der Waals surface area contributed by atoms with Gasteiger partial charge < -0.3 is 20.9 Å². The molecule has 1 heterocycles. The van der Waals surface area contributed by atoms with Crippen LogP contribution in [0.25, 0.3) is 0 Å². The van der Waals surface area contributed by atoms with Crippen LogP contribution >= 0.6 is 12.0 Å². The molecule has 2 amide bonds. The molecule has 0 saturated heterocycles. The van der Waals surface area contributed by atoms with Gasteiger partial charge in [0.1, 0.15) is 0 Å². The summed E-state index contributed by atoms with van der Waals surface area (Å²) in [5.74, 6) is 0. The molecule has 4 N–H and O–H groups in total. The number of urea groups is 1. The van der Waals surface area contributed by atoms with E-state index in [1.165, 1.54) is 19.2 Å². The summed E-state index contributed by atoms with van der Waals surface area (Å²) in [6.07, 6.45) is 3.65. The Kier molecular flexibility index (Phi) is 7.74. The summed E-state index contributed by atoms with van der Waals surface area (Å²) in [6.45, 7) is 3.89. The molecule has 1 aromatic carbocycles. The lowest BCUT2D eigenvalue weighted by Crippen LogP contribution is -2.35. The molecule has 1 atom stereocenters. The number of nitrogens with one attached hydrogen (secondary N) is 2. The van der Waals surface area contributed by atoms with E-state index in [1.807, 2.05) is 24.7 Å². The largest absolute Gasteiger partial charge is 0.352 e. The molecule has 8 nitrogen and oxygen atoms in total. The number of carbonyl (C=O) groups is 1. The number of rotatable bonds is 10. The number of benzene rings is 1. The van der Waals surface area contributed by atoms with Gasteiger partial charge in [-0.2, -0.15) is 4.33 Å². The van der Waals surface area contributed by atoms with E-state index in [0.29, 0.717) is 19.6 Å². The zero-order valence-corrected chi connectivity index (χ0v) is 15.1. The maximum Gasteiger partial charge on any atom is 0.312 e. The van der Waals surface area contributed by atoms with Crippen molar-refractivity contribution in [3.63, 3.8) is 0 Å². The number of carbonyl (C=O) groups excluding carboxylic acids is 1. The smallest absolute Gasteiger partial charge is 0.312 e. The Labute approximate surface area is 151 Å². The highest BCUT2D eigenvalue weighted by Crippen LogP contribution is 2.24. The average molecular weight is 365 g/mol. The standard InChI is InChI=1S/C16H23N5O3S/c1-12(13-3-5-15(6-4-13)25-24-23-2)21-11-19-10-14(21)9-18-7-8-20-16(17)22/h3-6,10-12,18H,7-9H2,1-2H3,(H3,17,20,22). The van der Waals surface area contributed by atoms with Crippen molar-refractivity contribution in [1.82, 2.24) is 20.2 Å². The SMILES string of the molecule is COOSc1ccc(C(C)n2cncc2CNCCNC(N)=O)cc1. The lowest BCUT2D eigenvalue weighted by atomic mass is 10.1. The van der Waals surface area contributed by atoms with Gasteiger partial charge in [0.25, 0.3) is 0 Å². The van der Waals surface area contributed by atoms with Crippen molar-refractivity contribution in [1.29, 1.82) is 0 Å². The van der Waals surface area contributed by atoms with Crippen molar-refractivity contribution >= 4 is 18.1 Å². The fraction of sp³-hybridized carbons (Fsp3) is 0.375. The Balaban J connectivity index is 1.92. The van der Waals surface area contributed by atoms with Gasteiger partial charge in [-0.1, -0.05) is 12.1 Å². The van der Waals surface area contributed by atoms with Crippen LogP contribution in [0, 0.1) is 0 Å². The molecule has 0 spiro atoms. The highest BCUT2D eigenvalue weighted by molar-refractivity contribution is 7.94. The van der Waals surface area contributed by atoms with Crippen molar-refractivity contribution < 1.29 is 14.0 Å². The first-order valence-electron chi connectivity index (χ1n) is 7.84. The molecule has 136 valence electrons. The fourth-order valence-electron chi connectivity index (χ4n) is 2.34. The van der Waals surface area contributed by atoms with Gasteiger partial charge in [-0.05, 0) is 24.6 Å². The Morgan fingerprint density at radius 3 is 2.80 bits per heavy atom. The molecule has 1 unspecified atom stereocenters. The summed E-state index contributed by atoms with van der Waals surface area (Å²) in [5, 5.41) is 5.80. The number of hydrogen-bond donors (Lipinski definition) is 3. The summed E-state index contributed by atoms with van der Waals surface area (Å²) in [6, 6.07) is 7.71. The summed E-state index contributed by atoms with van der Waals surface area (Å²) < 4.78 is 6.96. The molecule has 25 heavy (non-hydrogen) atoms. The van der Waals surface area contributed by atoms with Gasteiger partial charge in [-0.25, -0.2) is 14.7 Å². The Bertz CT molecular complexity index is 662. The average Bonchev–Trinajstić information content (AvgIpc) is 3.07. The number of imidazole rings is 1. The number of primary amides is 1. The minimum Gasteiger partial charge on any atom is -0.352 e. The zero-order chi connectivity index (χ0) is 18.1. The van der Waals surface area contributed by atoms with Crippen molar-refractivity contribution in [3.8, 4) is 0 Å². The first-order valence-corrected chi connectivity index (χ1v) is 8.58. The molecule has 0 aliphatic carbocycles. The van der Waals surface area contributed by atoms with E-state index >= 15 is 0 Å². The summed E-state index contributed by atoms with van der Waals surface area (Å²) in [5.41, 5.74) is 7.25. The number of aromatic nitrogens is 2. The Morgan fingerprint density at radius 1 is 1.36 bits per heavy atom. The number of nitrogens with zero attached hydrogens (tertiary/aromatic N) is 2. The van der Waals surface area contributed by atoms with E-state index in [9.17, 15) is 4.79 Å². The third kappa shape index (κ3) is 6.05. The van der Waals surface area contributed by atoms with Crippen molar-refractivity contribution in [2.45, 2.75) is 24.4 Å². The first kappa shape index (κ1) is 19.3. The van der Waals surface area contributed by atoms with Gasteiger partial charge in [0.15, 0.2) is 0 Å². The molecule has 0 saturated carbocycles. The van der Waals surface area contributed by atoms with Crippen LogP contribution < -0.4 is 16.4 Å². The quantitative estimate of drug-likeness (QED) is 0.257. The molecule has 0 radical (unpaired) electrons. The molecule has 0 aliphatic rings. The highest BCUT2D eigenvalue weighted by atomic mass is 32.2. The lowest BCUT2D eigenvalue weighted by Gasteiger charge is -2.18.